The van der Waals surface area contributed by atoms with Crippen LogP contribution in [0.4, 0.5) is 10.5 Å². The van der Waals surface area contributed by atoms with Crippen molar-refractivity contribution in [2.45, 2.75) is 27.0 Å². The highest BCUT2D eigenvalue weighted by molar-refractivity contribution is 9.10. The smallest absolute Gasteiger partial charge is 0.329 e. The Labute approximate surface area is 222 Å². The molecule has 0 atom stereocenters. The second kappa shape index (κ2) is 11.3. The van der Waals surface area contributed by atoms with Crippen LogP contribution in [0, 0.1) is 17.0 Å². The van der Waals surface area contributed by atoms with E-state index in [-0.39, 0.29) is 24.5 Å². The molecule has 0 aromatic heterocycles. The van der Waals surface area contributed by atoms with Gasteiger partial charge in [-0.25, -0.2) is 4.79 Å². The molecule has 0 bridgehead atoms. The van der Waals surface area contributed by atoms with Crippen LogP contribution >= 0.6 is 15.9 Å². The molecule has 190 valence electrons. The summed E-state index contributed by atoms with van der Waals surface area (Å²) in [6, 6.07) is 16.7. The molecule has 4 rings (SSSR count). The number of aryl methyl sites for hydroxylation is 1. The van der Waals surface area contributed by atoms with E-state index >= 15 is 0 Å². The summed E-state index contributed by atoms with van der Waals surface area (Å²) in [5, 5.41) is 13.5. The molecule has 1 N–H and O–H groups in total. The fourth-order valence-electron chi connectivity index (χ4n) is 3.78. The molecule has 3 amide bonds. The third kappa shape index (κ3) is 6.15. The summed E-state index contributed by atoms with van der Waals surface area (Å²) >= 11 is 3.51. The van der Waals surface area contributed by atoms with E-state index < -0.39 is 16.9 Å². The van der Waals surface area contributed by atoms with Gasteiger partial charge >= 0.3 is 6.03 Å². The van der Waals surface area contributed by atoms with Crippen molar-refractivity contribution < 1.29 is 24.0 Å². The van der Waals surface area contributed by atoms with Crippen LogP contribution in [0.2, 0.25) is 0 Å². The molecule has 0 aliphatic carbocycles. The number of rotatable bonds is 9. The Morgan fingerprint density at radius 3 is 2.43 bits per heavy atom. The first-order chi connectivity index (χ1) is 17.7. The lowest BCUT2D eigenvalue weighted by Crippen LogP contribution is -2.30. The molecule has 0 saturated carbocycles. The first-order valence-electron chi connectivity index (χ1n) is 11.5. The molecule has 1 aliphatic heterocycles. The standard InChI is InChI=1S/C27H24BrN3O6/c1-3-36-24-13-20(22(28)14-25(24)37-16-18-7-9-21(10-8-18)31(34)35)12-23-26(32)30(27(33)29-23)15-19-6-4-5-17(2)11-19/h4-14H,3,15-16H2,1-2H3,(H,29,33)/b23-12+. The number of carbonyl (C=O) groups is 2. The van der Waals surface area contributed by atoms with Gasteiger partial charge in [0.05, 0.1) is 18.1 Å². The second-order valence-corrected chi connectivity index (χ2v) is 9.19. The van der Waals surface area contributed by atoms with Crippen molar-refractivity contribution >= 4 is 39.6 Å². The minimum atomic E-state index is -0.484. The molecular formula is C27H24BrN3O6. The van der Waals surface area contributed by atoms with Crippen LogP contribution in [0.15, 0.2) is 70.8 Å². The number of halogens is 1. The van der Waals surface area contributed by atoms with Crippen molar-refractivity contribution in [3.8, 4) is 11.5 Å². The maximum Gasteiger partial charge on any atom is 0.329 e. The molecule has 3 aromatic carbocycles. The Hall–Kier alpha value is -4.18. The van der Waals surface area contributed by atoms with Gasteiger partial charge in [0.1, 0.15) is 12.3 Å². The quantitative estimate of drug-likeness (QED) is 0.153. The van der Waals surface area contributed by atoms with Crippen molar-refractivity contribution in [1.82, 2.24) is 10.2 Å². The Kier molecular flexibility index (Phi) is 7.88. The number of nitro groups is 1. The summed E-state index contributed by atoms with van der Waals surface area (Å²) in [5.41, 5.74) is 3.43. The van der Waals surface area contributed by atoms with Gasteiger partial charge in [-0.15, -0.1) is 0 Å². The number of ether oxygens (including phenoxy) is 2. The fourth-order valence-corrected chi connectivity index (χ4v) is 4.22. The van der Waals surface area contributed by atoms with Gasteiger partial charge in [-0.1, -0.05) is 45.8 Å². The van der Waals surface area contributed by atoms with E-state index in [0.29, 0.717) is 28.1 Å². The zero-order valence-electron chi connectivity index (χ0n) is 20.2. The molecule has 3 aromatic rings. The Balaban J connectivity index is 1.53. The van der Waals surface area contributed by atoms with Gasteiger partial charge in [-0.05, 0) is 60.9 Å². The number of nitrogens with one attached hydrogen (secondary N) is 1. The maximum absolute atomic E-state index is 13.0. The summed E-state index contributed by atoms with van der Waals surface area (Å²) in [6.45, 7) is 4.51. The van der Waals surface area contributed by atoms with E-state index in [2.05, 4.69) is 21.2 Å². The third-order valence-electron chi connectivity index (χ3n) is 5.59. The average Bonchev–Trinajstić information content (AvgIpc) is 3.12. The van der Waals surface area contributed by atoms with Crippen LogP contribution in [-0.4, -0.2) is 28.4 Å². The van der Waals surface area contributed by atoms with Crippen LogP contribution in [0.3, 0.4) is 0 Å². The molecule has 9 nitrogen and oxygen atoms in total. The highest BCUT2D eigenvalue weighted by atomic mass is 79.9. The van der Waals surface area contributed by atoms with Crippen LogP contribution in [0.1, 0.15) is 29.2 Å². The number of nitrogens with zero attached hydrogens (tertiary/aromatic N) is 2. The highest BCUT2D eigenvalue weighted by Gasteiger charge is 2.33. The molecule has 1 saturated heterocycles. The van der Waals surface area contributed by atoms with E-state index in [9.17, 15) is 19.7 Å². The zero-order valence-corrected chi connectivity index (χ0v) is 21.8. The van der Waals surface area contributed by atoms with Gasteiger partial charge in [0.15, 0.2) is 11.5 Å². The molecule has 1 heterocycles. The van der Waals surface area contributed by atoms with Crippen LogP contribution in [0.25, 0.3) is 6.08 Å². The van der Waals surface area contributed by atoms with E-state index in [1.807, 2.05) is 38.1 Å². The lowest BCUT2D eigenvalue weighted by atomic mass is 10.1. The number of benzene rings is 3. The normalized spacial score (nSPS) is 14.1. The molecular weight excluding hydrogens is 542 g/mol. The number of amides is 3. The average molecular weight is 566 g/mol. The lowest BCUT2D eigenvalue weighted by Gasteiger charge is -2.14. The van der Waals surface area contributed by atoms with E-state index in [0.717, 1.165) is 16.7 Å². The Bertz CT molecular complexity index is 1390. The van der Waals surface area contributed by atoms with E-state index in [1.165, 1.54) is 17.0 Å². The number of non-ortho nitro benzene ring substituents is 1. The number of nitro benzene ring substituents is 1. The number of carbonyl (C=O) groups excluding carboxylic acids is 2. The Morgan fingerprint density at radius 1 is 1.03 bits per heavy atom. The first kappa shape index (κ1) is 25.9. The minimum absolute atomic E-state index is 0.00453. The lowest BCUT2D eigenvalue weighted by molar-refractivity contribution is -0.384. The van der Waals surface area contributed by atoms with Gasteiger partial charge in [0, 0.05) is 16.6 Å². The predicted molar refractivity (Wildman–Crippen MR) is 141 cm³/mol. The molecule has 0 radical (unpaired) electrons. The van der Waals surface area contributed by atoms with Crippen molar-refractivity contribution in [2.75, 3.05) is 6.61 Å². The van der Waals surface area contributed by atoms with Crippen LogP contribution < -0.4 is 14.8 Å². The van der Waals surface area contributed by atoms with Crippen molar-refractivity contribution in [2.24, 2.45) is 0 Å². The monoisotopic (exact) mass is 565 g/mol. The Morgan fingerprint density at radius 2 is 1.76 bits per heavy atom. The summed E-state index contributed by atoms with van der Waals surface area (Å²) in [6.07, 6.45) is 1.59. The van der Waals surface area contributed by atoms with E-state index in [4.69, 9.17) is 9.47 Å². The summed E-state index contributed by atoms with van der Waals surface area (Å²) in [7, 11) is 0. The second-order valence-electron chi connectivity index (χ2n) is 8.33. The van der Waals surface area contributed by atoms with E-state index in [1.54, 1.807) is 30.3 Å². The van der Waals surface area contributed by atoms with Gasteiger partial charge in [-0.3, -0.25) is 19.8 Å². The minimum Gasteiger partial charge on any atom is -0.490 e. The molecule has 37 heavy (non-hydrogen) atoms. The van der Waals surface area contributed by atoms with Crippen LogP contribution in [-0.2, 0) is 17.9 Å². The first-order valence-corrected chi connectivity index (χ1v) is 12.3. The third-order valence-corrected chi connectivity index (χ3v) is 6.28. The number of urea groups is 1. The summed E-state index contributed by atoms with van der Waals surface area (Å²) < 4.78 is 12.3. The number of imide groups is 1. The zero-order chi connectivity index (χ0) is 26.5. The molecule has 1 aliphatic rings. The van der Waals surface area contributed by atoms with Gasteiger partial charge < -0.3 is 14.8 Å². The predicted octanol–water partition coefficient (Wildman–Crippen LogP) is 5.74. The fraction of sp³-hybridized carbons (Fsp3) is 0.185. The summed E-state index contributed by atoms with van der Waals surface area (Å²) in [4.78, 5) is 37.1. The van der Waals surface area contributed by atoms with Gasteiger partial charge in [0.2, 0.25) is 0 Å². The van der Waals surface area contributed by atoms with Crippen LogP contribution in [0.5, 0.6) is 11.5 Å². The molecule has 0 unspecified atom stereocenters. The molecule has 10 heteroatoms. The van der Waals surface area contributed by atoms with Gasteiger partial charge in [-0.2, -0.15) is 0 Å². The van der Waals surface area contributed by atoms with Crippen molar-refractivity contribution in [1.29, 1.82) is 0 Å². The number of hydrogen-bond acceptors (Lipinski definition) is 6. The summed E-state index contributed by atoms with van der Waals surface area (Å²) in [5.74, 6) is 0.486. The van der Waals surface area contributed by atoms with Crippen molar-refractivity contribution in [3.63, 3.8) is 0 Å². The largest absolute Gasteiger partial charge is 0.490 e. The number of hydrogen-bond donors (Lipinski definition) is 1. The topological polar surface area (TPSA) is 111 Å². The van der Waals surface area contributed by atoms with Gasteiger partial charge in [0.25, 0.3) is 11.6 Å². The molecule has 1 fully saturated rings. The molecule has 0 spiro atoms. The van der Waals surface area contributed by atoms with Crippen molar-refractivity contribution in [3.05, 3.63) is 103 Å². The highest BCUT2D eigenvalue weighted by Crippen LogP contribution is 2.36. The SMILES string of the molecule is CCOc1cc(/C=C2/NC(=O)N(Cc3cccc(C)c3)C2=O)c(Br)cc1OCc1ccc([N+](=O)[O-])cc1. The maximum atomic E-state index is 13.0.